The van der Waals surface area contributed by atoms with Crippen molar-refractivity contribution >= 4 is 44.0 Å². The second kappa shape index (κ2) is 14.0. The molecule has 39 heavy (non-hydrogen) atoms. The molecule has 2 aromatic carbocycles. The van der Waals surface area contributed by atoms with Crippen molar-refractivity contribution in [2.24, 2.45) is 10.2 Å². The fraction of sp³-hybridized carbons (Fsp3) is 0.385. The third-order valence-electron chi connectivity index (χ3n) is 5.90. The molecule has 0 spiro atoms. The molecule has 3 rings (SSSR count). The van der Waals surface area contributed by atoms with Crippen LogP contribution < -0.4 is 10.1 Å². The molecule has 0 saturated heterocycles. The van der Waals surface area contributed by atoms with Crippen LogP contribution in [0.1, 0.15) is 43.6 Å². The van der Waals surface area contributed by atoms with Crippen molar-refractivity contribution in [3.05, 3.63) is 62.3 Å². The fourth-order valence-corrected chi connectivity index (χ4v) is 5.36. The molecule has 0 fully saturated rings. The Morgan fingerprint density at radius 1 is 1.10 bits per heavy atom. The normalized spacial score (nSPS) is 10.6. The van der Waals surface area contributed by atoms with Gasteiger partial charge in [0.1, 0.15) is 22.9 Å². The van der Waals surface area contributed by atoms with E-state index in [0.717, 1.165) is 13.1 Å². The third kappa shape index (κ3) is 7.18. The lowest BCUT2D eigenvalue weighted by Gasteiger charge is -2.19. The summed E-state index contributed by atoms with van der Waals surface area (Å²) in [6, 6.07) is 8.79. The maximum atomic E-state index is 12.9. The summed E-state index contributed by atoms with van der Waals surface area (Å²) in [5.41, 5.74) is 20.4. The number of rotatable bonds is 13. The lowest BCUT2D eigenvalue weighted by Crippen LogP contribution is -2.28. The van der Waals surface area contributed by atoms with E-state index >= 15 is 0 Å². The predicted molar refractivity (Wildman–Crippen MR) is 152 cm³/mol. The molecule has 0 aliphatic rings. The number of ether oxygens (including phenoxy) is 2. The zero-order valence-corrected chi connectivity index (χ0v) is 23.1. The van der Waals surface area contributed by atoms with Gasteiger partial charge in [0.2, 0.25) is 5.91 Å². The molecule has 204 valence electrons. The van der Waals surface area contributed by atoms with Crippen molar-refractivity contribution < 1.29 is 19.1 Å². The molecule has 0 atom stereocenters. The van der Waals surface area contributed by atoms with Gasteiger partial charge in [0.15, 0.2) is 0 Å². The summed E-state index contributed by atoms with van der Waals surface area (Å²) in [5, 5.41) is 11.1. The van der Waals surface area contributed by atoms with Crippen molar-refractivity contribution in [2.75, 3.05) is 38.2 Å². The Balaban J connectivity index is 2.27. The molecule has 0 aliphatic heterocycles. The van der Waals surface area contributed by atoms with E-state index in [2.05, 4.69) is 44.1 Å². The summed E-state index contributed by atoms with van der Waals surface area (Å²) in [4.78, 5) is 32.8. The number of thiophene rings is 1. The van der Waals surface area contributed by atoms with Crippen LogP contribution >= 0.6 is 11.3 Å². The van der Waals surface area contributed by atoms with Crippen LogP contribution in [-0.4, -0.2) is 49.6 Å². The van der Waals surface area contributed by atoms with Crippen LogP contribution in [-0.2, 0) is 16.1 Å². The first-order chi connectivity index (χ1) is 18.9. The van der Waals surface area contributed by atoms with Crippen LogP contribution in [0.4, 0.5) is 10.7 Å². The highest BCUT2D eigenvalue weighted by molar-refractivity contribution is 7.24. The quantitative estimate of drug-likeness (QED) is 0.103. The van der Waals surface area contributed by atoms with Gasteiger partial charge in [-0.05, 0) is 60.4 Å². The van der Waals surface area contributed by atoms with Crippen molar-refractivity contribution in [3.63, 3.8) is 0 Å². The molecule has 1 N–H and O–H groups in total. The zero-order valence-electron chi connectivity index (χ0n) is 22.3. The number of amides is 1. The van der Waals surface area contributed by atoms with E-state index in [1.807, 2.05) is 12.1 Å². The first-order valence-electron chi connectivity index (χ1n) is 12.5. The van der Waals surface area contributed by atoms with Crippen LogP contribution in [0.3, 0.4) is 0 Å². The summed E-state index contributed by atoms with van der Waals surface area (Å²) in [6.07, 6.45) is 0. The van der Waals surface area contributed by atoms with Crippen LogP contribution in [0, 0.1) is 0 Å². The van der Waals surface area contributed by atoms with Gasteiger partial charge in [0.25, 0.3) is 0 Å². The van der Waals surface area contributed by atoms with Gasteiger partial charge in [-0.2, -0.15) is 0 Å². The molecular weight excluding hydrogens is 520 g/mol. The van der Waals surface area contributed by atoms with Gasteiger partial charge in [-0.3, -0.25) is 4.79 Å². The standard InChI is InChI=1S/C26H30N8O4S/c1-5-34(6-2)10-11-38-23-20(18-12-17(15-29-32-27)13-19(14-18)31-33-28)8-9-21-22(26(36)37-7-3)25(30-16(4)35)39-24(21)23/h8-9,12-14H,5-7,10-11,15H2,1-4H3,(H,30,35). The summed E-state index contributed by atoms with van der Waals surface area (Å²) in [7, 11) is 0. The van der Waals surface area contributed by atoms with Gasteiger partial charge in [0, 0.05) is 39.9 Å². The number of carbonyl (C=O) groups excluding carboxylic acids is 2. The number of azide groups is 2. The fourth-order valence-electron chi connectivity index (χ4n) is 4.12. The lowest BCUT2D eigenvalue weighted by atomic mass is 9.99. The molecule has 12 nitrogen and oxygen atoms in total. The van der Waals surface area contributed by atoms with E-state index < -0.39 is 5.97 Å². The van der Waals surface area contributed by atoms with Gasteiger partial charge >= 0.3 is 5.97 Å². The minimum absolute atomic E-state index is 0.0668. The first-order valence-corrected chi connectivity index (χ1v) is 13.3. The van der Waals surface area contributed by atoms with Crippen LogP contribution in [0.2, 0.25) is 0 Å². The van der Waals surface area contributed by atoms with E-state index in [1.165, 1.54) is 18.3 Å². The molecule has 3 aromatic rings. The molecule has 1 amide bonds. The van der Waals surface area contributed by atoms with Gasteiger partial charge in [-0.15, -0.1) is 11.3 Å². The van der Waals surface area contributed by atoms with E-state index in [-0.39, 0.29) is 24.6 Å². The Kier molecular flexibility index (Phi) is 10.5. The molecule has 0 aliphatic carbocycles. The highest BCUT2D eigenvalue weighted by atomic mass is 32.1. The Morgan fingerprint density at radius 3 is 2.51 bits per heavy atom. The highest BCUT2D eigenvalue weighted by Gasteiger charge is 2.25. The number of hydrogen-bond acceptors (Lipinski definition) is 8. The topological polar surface area (TPSA) is 165 Å². The van der Waals surface area contributed by atoms with E-state index in [0.29, 0.717) is 56.4 Å². The van der Waals surface area contributed by atoms with E-state index in [9.17, 15) is 9.59 Å². The van der Waals surface area contributed by atoms with E-state index in [1.54, 1.807) is 25.1 Å². The summed E-state index contributed by atoms with van der Waals surface area (Å²) < 4.78 is 12.3. The maximum absolute atomic E-state index is 12.9. The largest absolute Gasteiger partial charge is 0.490 e. The molecule has 1 heterocycles. The Labute approximate surface area is 229 Å². The molecule has 13 heteroatoms. The minimum atomic E-state index is -0.545. The van der Waals surface area contributed by atoms with Crippen LogP contribution in [0.15, 0.2) is 40.6 Å². The van der Waals surface area contributed by atoms with Crippen LogP contribution in [0.5, 0.6) is 5.75 Å². The van der Waals surface area contributed by atoms with Crippen molar-refractivity contribution in [3.8, 4) is 16.9 Å². The number of anilines is 1. The number of esters is 1. The molecular formula is C26H30N8O4S. The predicted octanol–water partition coefficient (Wildman–Crippen LogP) is 7.18. The Bertz CT molecular complexity index is 1450. The van der Waals surface area contributed by atoms with Gasteiger partial charge in [-0.1, -0.05) is 36.2 Å². The number of likely N-dealkylation sites (N-methyl/N-ethyl adjacent to an activating group) is 1. The van der Waals surface area contributed by atoms with Gasteiger partial charge in [-0.25, -0.2) is 4.79 Å². The smallest absolute Gasteiger partial charge is 0.341 e. The monoisotopic (exact) mass is 550 g/mol. The SMILES string of the molecule is CCOC(=O)c1c(NC(C)=O)sc2c(OCCN(CC)CC)c(-c3cc(CN=[N+]=[N-])cc(N=[N+]=[N-])c3)ccc12. The maximum Gasteiger partial charge on any atom is 0.341 e. The number of nitrogens with one attached hydrogen (secondary N) is 1. The summed E-state index contributed by atoms with van der Waals surface area (Å²) >= 11 is 1.22. The average molecular weight is 551 g/mol. The Hall–Kier alpha value is -4.28. The van der Waals surface area contributed by atoms with Gasteiger partial charge in [0.05, 0.1) is 17.9 Å². The Morgan fingerprint density at radius 2 is 1.87 bits per heavy atom. The number of carbonyl (C=O) groups is 2. The number of fused-ring (bicyclic) bond motifs is 1. The zero-order chi connectivity index (χ0) is 28.4. The third-order valence-corrected chi connectivity index (χ3v) is 7.02. The van der Waals surface area contributed by atoms with Crippen molar-refractivity contribution in [1.82, 2.24) is 4.90 Å². The molecule has 0 radical (unpaired) electrons. The molecule has 0 bridgehead atoms. The average Bonchev–Trinajstić information content (AvgIpc) is 3.27. The molecule has 1 aromatic heterocycles. The second-order valence-electron chi connectivity index (χ2n) is 8.37. The van der Waals surface area contributed by atoms with Crippen molar-refractivity contribution in [1.29, 1.82) is 0 Å². The van der Waals surface area contributed by atoms with E-state index in [4.69, 9.17) is 20.5 Å². The number of benzene rings is 2. The first kappa shape index (κ1) is 29.3. The van der Waals surface area contributed by atoms with Crippen LogP contribution in [0.25, 0.3) is 42.1 Å². The minimum Gasteiger partial charge on any atom is -0.490 e. The van der Waals surface area contributed by atoms with Crippen molar-refractivity contribution in [2.45, 2.75) is 34.2 Å². The van der Waals surface area contributed by atoms with Gasteiger partial charge < -0.3 is 19.7 Å². The summed E-state index contributed by atoms with van der Waals surface area (Å²) in [5.74, 6) is -0.350. The molecule has 0 unspecified atom stereocenters. The highest BCUT2D eigenvalue weighted by Crippen LogP contribution is 2.46. The lowest BCUT2D eigenvalue weighted by molar-refractivity contribution is -0.114. The number of nitrogens with zero attached hydrogens (tertiary/aromatic N) is 7. The molecule has 0 saturated carbocycles. The summed E-state index contributed by atoms with van der Waals surface area (Å²) in [6.45, 7) is 10.3. The number of hydrogen-bond donors (Lipinski definition) is 1. The second-order valence-corrected chi connectivity index (χ2v) is 9.39.